The van der Waals surface area contributed by atoms with Gasteiger partial charge in [0.25, 0.3) is 0 Å². The molecule has 2 aliphatic heterocycles. The SMILES string of the molecule is CC[C@@]12CCC[C@@]13C=C[C@H](O3)C(C)(C)C2=O. The van der Waals surface area contributed by atoms with Gasteiger partial charge in [0.05, 0.1) is 22.5 Å². The average Bonchev–Trinajstić information content (AvgIpc) is 2.82. The first-order valence-corrected chi connectivity index (χ1v) is 6.41. The second-order valence-electron chi connectivity index (χ2n) is 6.13. The van der Waals surface area contributed by atoms with Gasteiger partial charge in [0.15, 0.2) is 5.78 Å². The van der Waals surface area contributed by atoms with Crippen LogP contribution in [-0.2, 0) is 9.53 Å². The lowest BCUT2D eigenvalue weighted by atomic mass is 9.61. The fourth-order valence-corrected chi connectivity index (χ4v) is 4.14. The van der Waals surface area contributed by atoms with Gasteiger partial charge in [0.2, 0.25) is 0 Å². The molecule has 1 saturated carbocycles. The van der Waals surface area contributed by atoms with E-state index in [0.717, 1.165) is 25.7 Å². The second-order valence-corrected chi connectivity index (χ2v) is 6.13. The van der Waals surface area contributed by atoms with Crippen molar-refractivity contribution in [2.45, 2.75) is 58.2 Å². The molecule has 0 amide bonds. The van der Waals surface area contributed by atoms with Crippen LogP contribution in [0.4, 0.5) is 0 Å². The lowest BCUT2D eigenvalue weighted by molar-refractivity contribution is -0.191. The smallest absolute Gasteiger partial charge is 0.150 e. The number of rotatable bonds is 1. The summed E-state index contributed by atoms with van der Waals surface area (Å²) in [5, 5.41) is 0. The lowest BCUT2D eigenvalue weighted by Crippen LogP contribution is -2.60. The molecule has 0 aromatic heterocycles. The molecule has 2 fully saturated rings. The number of ketones is 1. The molecule has 0 N–H and O–H groups in total. The van der Waals surface area contributed by atoms with Crippen LogP contribution in [0.2, 0.25) is 0 Å². The number of carbonyl (C=O) groups excluding carboxylic acids is 1. The summed E-state index contributed by atoms with van der Waals surface area (Å²) in [6.45, 7) is 6.21. The summed E-state index contributed by atoms with van der Waals surface area (Å²) in [5.41, 5.74) is -0.837. The zero-order valence-electron chi connectivity index (χ0n) is 10.4. The largest absolute Gasteiger partial charge is 0.362 e. The van der Waals surface area contributed by atoms with Gasteiger partial charge in [-0.2, -0.15) is 0 Å². The molecular formula is C14H20O2. The van der Waals surface area contributed by atoms with E-state index in [1.54, 1.807) is 0 Å². The van der Waals surface area contributed by atoms with Gasteiger partial charge < -0.3 is 4.74 Å². The highest BCUT2D eigenvalue weighted by molar-refractivity contribution is 5.94. The van der Waals surface area contributed by atoms with Crippen molar-refractivity contribution < 1.29 is 9.53 Å². The van der Waals surface area contributed by atoms with Crippen molar-refractivity contribution in [2.75, 3.05) is 0 Å². The molecule has 2 bridgehead atoms. The number of fused-ring (bicyclic) bond motifs is 1. The molecule has 2 heteroatoms. The molecule has 3 atom stereocenters. The van der Waals surface area contributed by atoms with Gasteiger partial charge in [-0.15, -0.1) is 0 Å². The summed E-state index contributed by atoms with van der Waals surface area (Å²) in [5.74, 6) is 0.432. The topological polar surface area (TPSA) is 26.3 Å². The van der Waals surface area contributed by atoms with Crippen LogP contribution >= 0.6 is 0 Å². The molecule has 2 heterocycles. The second kappa shape index (κ2) is 2.79. The predicted molar refractivity (Wildman–Crippen MR) is 62.1 cm³/mol. The highest BCUT2D eigenvalue weighted by Gasteiger charge is 2.68. The van der Waals surface area contributed by atoms with Crippen LogP contribution < -0.4 is 0 Å². The Kier molecular flexibility index (Phi) is 1.83. The van der Waals surface area contributed by atoms with Gasteiger partial charge >= 0.3 is 0 Å². The molecule has 1 aliphatic carbocycles. The van der Waals surface area contributed by atoms with Crippen LogP contribution in [-0.4, -0.2) is 17.5 Å². The normalized spacial score (nSPS) is 48.4. The van der Waals surface area contributed by atoms with Crippen LogP contribution in [0.5, 0.6) is 0 Å². The predicted octanol–water partition coefficient (Wildman–Crippen LogP) is 2.87. The molecule has 0 aromatic rings. The van der Waals surface area contributed by atoms with E-state index in [-0.39, 0.29) is 22.5 Å². The quantitative estimate of drug-likeness (QED) is 0.635. The van der Waals surface area contributed by atoms with E-state index in [9.17, 15) is 4.79 Å². The summed E-state index contributed by atoms with van der Waals surface area (Å²) in [6.07, 6.45) is 8.37. The van der Waals surface area contributed by atoms with Crippen LogP contribution in [0.15, 0.2) is 12.2 Å². The van der Waals surface area contributed by atoms with Gasteiger partial charge in [0, 0.05) is 0 Å². The van der Waals surface area contributed by atoms with E-state index in [1.807, 2.05) is 13.8 Å². The van der Waals surface area contributed by atoms with Crippen molar-refractivity contribution >= 4 is 5.78 Å². The Morgan fingerprint density at radius 2 is 2.19 bits per heavy atom. The number of Topliss-reactive ketones (excluding diaryl/α,β-unsaturated/α-hetero) is 1. The Morgan fingerprint density at radius 3 is 2.88 bits per heavy atom. The van der Waals surface area contributed by atoms with Crippen molar-refractivity contribution in [3.05, 3.63) is 12.2 Å². The minimum atomic E-state index is -0.350. The van der Waals surface area contributed by atoms with Crippen molar-refractivity contribution in [3.8, 4) is 0 Å². The van der Waals surface area contributed by atoms with Crippen LogP contribution in [0, 0.1) is 10.8 Å². The van der Waals surface area contributed by atoms with Crippen molar-refractivity contribution in [1.29, 1.82) is 0 Å². The third-order valence-electron chi connectivity index (χ3n) is 5.17. The van der Waals surface area contributed by atoms with Gasteiger partial charge in [-0.1, -0.05) is 32.9 Å². The Morgan fingerprint density at radius 1 is 1.44 bits per heavy atom. The van der Waals surface area contributed by atoms with Crippen LogP contribution in [0.1, 0.15) is 46.5 Å². The minimum Gasteiger partial charge on any atom is -0.362 e. The molecule has 3 aliphatic rings. The molecule has 2 nitrogen and oxygen atoms in total. The molecule has 16 heavy (non-hydrogen) atoms. The van der Waals surface area contributed by atoms with E-state index < -0.39 is 0 Å². The zero-order chi connectivity index (χ0) is 11.6. The van der Waals surface area contributed by atoms with Gasteiger partial charge in [-0.05, 0) is 25.7 Å². The third-order valence-corrected chi connectivity index (χ3v) is 5.17. The number of ether oxygens (including phenoxy) is 1. The maximum Gasteiger partial charge on any atom is 0.150 e. The van der Waals surface area contributed by atoms with Crippen molar-refractivity contribution in [3.63, 3.8) is 0 Å². The summed E-state index contributed by atoms with van der Waals surface area (Å²) < 4.78 is 6.26. The highest BCUT2D eigenvalue weighted by Crippen LogP contribution is 2.62. The molecule has 0 unspecified atom stereocenters. The fourth-order valence-electron chi connectivity index (χ4n) is 4.14. The Bertz CT molecular complexity index is 382. The summed E-state index contributed by atoms with van der Waals surface area (Å²) in [7, 11) is 0. The Hall–Kier alpha value is -0.630. The maximum atomic E-state index is 12.8. The Balaban J connectivity index is 2.19. The van der Waals surface area contributed by atoms with Crippen LogP contribution in [0.3, 0.4) is 0 Å². The molecule has 0 aromatic carbocycles. The number of hydrogen-bond donors (Lipinski definition) is 0. The molecule has 3 rings (SSSR count). The standard InChI is InChI=1S/C14H20O2/c1-4-13-7-5-8-14(13)9-6-10(16-14)12(2,3)11(13)15/h6,9-10H,4-5,7-8H2,1-3H3/t10-,13-,14+/m0/s1. The molecule has 88 valence electrons. The van der Waals surface area contributed by atoms with E-state index >= 15 is 0 Å². The molecular weight excluding hydrogens is 200 g/mol. The number of carbonyl (C=O) groups is 1. The van der Waals surface area contributed by atoms with Gasteiger partial charge in [-0.3, -0.25) is 4.79 Å². The maximum absolute atomic E-state index is 12.8. The van der Waals surface area contributed by atoms with Crippen LogP contribution in [0.25, 0.3) is 0 Å². The fraction of sp³-hybridized carbons (Fsp3) is 0.786. The van der Waals surface area contributed by atoms with Gasteiger partial charge in [-0.25, -0.2) is 0 Å². The van der Waals surface area contributed by atoms with Crippen molar-refractivity contribution in [1.82, 2.24) is 0 Å². The highest BCUT2D eigenvalue weighted by atomic mass is 16.5. The first-order chi connectivity index (χ1) is 7.48. The minimum absolute atomic E-state index is 0.00206. The zero-order valence-corrected chi connectivity index (χ0v) is 10.4. The molecule has 0 radical (unpaired) electrons. The third kappa shape index (κ3) is 0.874. The van der Waals surface area contributed by atoms with Gasteiger partial charge in [0.1, 0.15) is 0 Å². The molecule has 1 spiro atoms. The number of hydrogen-bond acceptors (Lipinski definition) is 2. The summed E-state index contributed by atoms with van der Waals surface area (Å²) >= 11 is 0. The summed E-state index contributed by atoms with van der Waals surface area (Å²) in [6, 6.07) is 0. The van der Waals surface area contributed by atoms with Crippen molar-refractivity contribution in [2.24, 2.45) is 10.8 Å². The first-order valence-electron chi connectivity index (χ1n) is 6.41. The summed E-state index contributed by atoms with van der Waals surface area (Å²) in [4.78, 5) is 12.8. The van der Waals surface area contributed by atoms with E-state index in [2.05, 4.69) is 19.1 Å². The first kappa shape index (κ1) is 10.5. The molecule has 1 saturated heterocycles. The van der Waals surface area contributed by atoms with E-state index in [0.29, 0.717) is 5.78 Å². The van der Waals surface area contributed by atoms with E-state index in [4.69, 9.17) is 4.74 Å². The Labute approximate surface area is 97.1 Å². The monoisotopic (exact) mass is 220 g/mol. The lowest BCUT2D eigenvalue weighted by Gasteiger charge is -2.51. The average molecular weight is 220 g/mol. The van der Waals surface area contributed by atoms with E-state index in [1.165, 1.54) is 0 Å².